The van der Waals surface area contributed by atoms with E-state index in [-0.39, 0.29) is 23.3 Å². The Morgan fingerprint density at radius 2 is 1.96 bits per heavy atom. The first-order chi connectivity index (χ1) is 21.2. The molecule has 18 nitrogen and oxygen atoms in total. The van der Waals surface area contributed by atoms with Crippen LogP contribution in [0.3, 0.4) is 0 Å². The molecule has 0 aliphatic carbocycles. The summed E-state index contributed by atoms with van der Waals surface area (Å²) >= 11 is 1.97. The second-order valence-corrected chi connectivity index (χ2v) is 12.4. The van der Waals surface area contributed by atoms with E-state index >= 15 is 0 Å². The number of nitrogens with one attached hydrogen (secondary N) is 2. The maximum atomic E-state index is 13.4. The molecular weight excluding hydrogens is 632 g/mol. The quantitative estimate of drug-likeness (QED) is 0.0712. The van der Waals surface area contributed by atoms with E-state index in [1.54, 1.807) is 28.0 Å². The van der Waals surface area contributed by atoms with Crippen LogP contribution in [0.1, 0.15) is 39.4 Å². The third-order valence-corrected chi connectivity index (χ3v) is 8.85. The number of hydrogen-bond acceptors (Lipinski definition) is 13. The molecule has 3 atom stereocenters. The number of amides is 3. The fourth-order valence-corrected chi connectivity index (χ4v) is 6.18. The van der Waals surface area contributed by atoms with E-state index in [0.717, 1.165) is 18.0 Å². The summed E-state index contributed by atoms with van der Waals surface area (Å²) in [6.45, 7) is 4.89. The van der Waals surface area contributed by atoms with Crippen molar-refractivity contribution < 1.29 is 43.7 Å². The Hall–Kier alpha value is -4.72. The minimum Gasteiger partial charge on any atom is -0.479 e. The van der Waals surface area contributed by atoms with Gasteiger partial charge in [0.1, 0.15) is 0 Å². The van der Waals surface area contributed by atoms with Crippen LogP contribution in [0.25, 0.3) is 0 Å². The third-order valence-electron chi connectivity index (χ3n) is 7.03. The van der Waals surface area contributed by atoms with Crippen molar-refractivity contribution in [2.24, 2.45) is 18.1 Å². The molecule has 0 spiro atoms. The van der Waals surface area contributed by atoms with Crippen molar-refractivity contribution in [3.63, 3.8) is 0 Å². The van der Waals surface area contributed by atoms with Crippen molar-refractivity contribution in [1.29, 1.82) is 0 Å². The van der Waals surface area contributed by atoms with E-state index in [1.807, 2.05) is 6.92 Å². The van der Waals surface area contributed by atoms with Crippen molar-refractivity contribution in [3.8, 4) is 0 Å². The highest BCUT2D eigenvalue weighted by Gasteiger charge is 2.56. The Morgan fingerprint density at radius 3 is 2.56 bits per heavy atom. The molecule has 242 valence electrons. The molecule has 8 N–H and O–H groups in total. The predicted octanol–water partition coefficient (Wildman–Crippen LogP) is -0.0283. The van der Waals surface area contributed by atoms with Crippen LogP contribution in [0.2, 0.25) is 0 Å². The second-order valence-electron chi connectivity index (χ2n) is 10.7. The number of aliphatic carboxylic acids is 2. The number of thioether (sulfide) groups is 1. The second kappa shape index (κ2) is 13.1. The van der Waals surface area contributed by atoms with Crippen molar-refractivity contribution in [1.82, 2.24) is 24.3 Å². The van der Waals surface area contributed by atoms with Crippen LogP contribution < -0.4 is 26.8 Å². The van der Waals surface area contributed by atoms with Crippen LogP contribution in [0.15, 0.2) is 22.3 Å². The SMILES string of the molecule is CCCNC(=O)Nc1c[n+](CC2=CSC3[C@H](CC(=O)/C(=N\OC(C)(C)C(=O)O)c4nsc(N)n4)C(=O)N3C2C(=O)O)n(C)c1N. The zero-order valence-corrected chi connectivity index (χ0v) is 26.3. The number of nitrogens with two attached hydrogens (primary N) is 2. The van der Waals surface area contributed by atoms with Crippen LogP contribution in [-0.2, 0) is 37.6 Å². The lowest BCUT2D eigenvalue weighted by Gasteiger charge is -2.51. The highest BCUT2D eigenvalue weighted by Crippen LogP contribution is 2.45. The number of aromatic nitrogens is 4. The topological polar surface area (TPSA) is 261 Å². The van der Waals surface area contributed by atoms with Crippen molar-refractivity contribution in [3.05, 3.63) is 23.0 Å². The molecule has 4 heterocycles. The number of Topliss-reactive ketones (excluding diaryl/α,β-unsaturated/α-hetero) is 1. The molecule has 0 bridgehead atoms. The van der Waals surface area contributed by atoms with Gasteiger partial charge in [-0.15, -0.1) is 21.1 Å². The minimum atomic E-state index is -1.79. The number of carbonyl (C=O) groups excluding carboxylic acids is 3. The van der Waals surface area contributed by atoms with Gasteiger partial charge >= 0.3 is 18.0 Å². The number of anilines is 3. The standard InChI is InChI=1S/C25H32N10O8S2/c1-5-6-28-24(42)29-13-9-34(33(4)17(13)26)8-11-10-44-20-12(19(37)35(20)16(11)21(38)39)7-14(36)15(18-30-23(27)45-32-18)31-43-25(2,3)22(40)41/h9-10,12,16,20,26H,5-8H2,1-4H3,(H6,27,28,29,30,32,38,39,40,41,42)/p+1/b31-15+/t12-,16?,20?/m1/s1. The monoisotopic (exact) mass is 665 g/mol. The lowest BCUT2D eigenvalue weighted by Crippen LogP contribution is -2.67. The van der Waals surface area contributed by atoms with Crippen molar-refractivity contribution in [2.75, 3.05) is 23.3 Å². The van der Waals surface area contributed by atoms with Crippen LogP contribution in [-0.4, -0.2) is 88.1 Å². The average Bonchev–Trinajstić information content (AvgIpc) is 3.52. The van der Waals surface area contributed by atoms with E-state index in [1.165, 1.54) is 30.5 Å². The summed E-state index contributed by atoms with van der Waals surface area (Å²) in [7, 11) is 1.64. The first kappa shape index (κ1) is 33.2. The number of rotatable bonds is 13. The number of carboxylic acids is 2. The molecule has 20 heteroatoms. The molecule has 3 amide bonds. The lowest BCUT2D eigenvalue weighted by molar-refractivity contribution is -0.765. The minimum absolute atomic E-state index is 0.0270. The summed E-state index contributed by atoms with van der Waals surface area (Å²) in [5, 5.41) is 29.5. The number of fused-ring (bicyclic) bond motifs is 1. The molecular formula is C25H33N10O8S2+. The normalized spacial score (nSPS) is 19.7. The molecule has 0 saturated carbocycles. The highest BCUT2D eigenvalue weighted by molar-refractivity contribution is 8.02. The number of carbonyl (C=O) groups is 5. The Bertz CT molecular complexity index is 1600. The van der Waals surface area contributed by atoms with Crippen LogP contribution >= 0.6 is 23.3 Å². The summed E-state index contributed by atoms with van der Waals surface area (Å²) in [6, 6.07) is -1.76. The molecule has 0 aromatic carbocycles. The molecule has 2 aliphatic heterocycles. The molecule has 2 unspecified atom stereocenters. The number of carboxylic acid groups (broad SMARTS) is 2. The average molecular weight is 666 g/mol. The maximum Gasteiger partial charge on any atom is 0.350 e. The van der Waals surface area contributed by atoms with Crippen LogP contribution in [0, 0.1) is 5.92 Å². The van der Waals surface area contributed by atoms with Gasteiger partial charge in [-0.2, -0.15) is 9.36 Å². The van der Waals surface area contributed by atoms with Crippen LogP contribution in [0.4, 0.5) is 21.4 Å². The van der Waals surface area contributed by atoms with Gasteiger partial charge < -0.3 is 36.7 Å². The van der Waals surface area contributed by atoms with Gasteiger partial charge in [-0.25, -0.2) is 14.4 Å². The van der Waals surface area contributed by atoms with Gasteiger partial charge in [-0.3, -0.25) is 14.9 Å². The summed E-state index contributed by atoms with van der Waals surface area (Å²) in [5.74, 6) is -4.75. The molecule has 2 aliphatic rings. The van der Waals surface area contributed by atoms with Gasteiger partial charge in [0.05, 0.1) is 18.3 Å². The molecule has 1 fully saturated rings. The van der Waals surface area contributed by atoms with Gasteiger partial charge in [-0.05, 0) is 25.7 Å². The zero-order chi connectivity index (χ0) is 33.2. The summed E-state index contributed by atoms with van der Waals surface area (Å²) < 4.78 is 7.11. The molecule has 4 rings (SSSR count). The zero-order valence-electron chi connectivity index (χ0n) is 24.7. The fourth-order valence-electron chi connectivity index (χ4n) is 4.47. The Kier molecular flexibility index (Phi) is 9.66. The lowest BCUT2D eigenvalue weighted by atomic mass is 9.87. The van der Waals surface area contributed by atoms with Gasteiger partial charge in [0.15, 0.2) is 40.7 Å². The van der Waals surface area contributed by atoms with Gasteiger partial charge in [-0.1, -0.05) is 12.1 Å². The van der Waals surface area contributed by atoms with Gasteiger partial charge in [0, 0.05) is 30.1 Å². The summed E-state index contributed by atoms with van der Waals surface area (Å²) in [5.41, 5.74) is 10.3. The predicted molar refractivity (Wildman–Crippen MR) is 162 cm³/mol. The Labute approximate surface area is 264 Å². The largest absolute Gasteiger partial charge is 0.479 e. The number of oxime groups is 1. The third kappa shape index (κ3) is 6.85. The number of ketones is 1. The Morgan fingerprint density at radius 1 is 1.24 bits per heavy atom. The van der Waals surface area contributed by atoms with E-state index in [2.05, 4.69) is 25.1 Å². The van der Waals surface area contributed by atoms with Crippen LogP contribution in [0.5, 0.6) is 0 Å². The maximum absolute atomic E-state index is 13.4. The van der Waals surface area contributed by atoms with Gasteiger partial charge in [0.25, 0.3) is 0 Å². The highest BCUT2D eigenvalue weighted by atomic mass is 32.2. The van der Waals surface area contributed by atoms with Gasteiger partial charge in [0.2, 0.25) is 23.5 Å². The van der Waals surface area contributed by atoms with E-state index in [4.69, 9.17) is 16.3 Å². The number of nitrogens with zero attached hydrogens (tertiary/aromatic N) is 6. The number of nitrogen functional groups attached to an aromatic ring is 2. The first-order valence-electron chi connectivity index (χ1n) is 13.6. The summed E-state index contributed by atoms with van der Waals surface area (Å²) in [4.78, 5) is 72.9. The molecule has 1 saturated heterocycles. The molecule has 0 radical (unpaired) electrons. The summed E-state index contributed by atoms with van der Waals surface area (Å²) in [6.07, 6.45) is 1.91. The van der Waals surface area contributed by atoms with Crippen molar-refractivity contribution in [2.45, 2.75) is 57.2 Å². The number of urea groups is 1. The van der Waals surface area contributed by atoms with E-state index in [0.29, 0.717) is 17.8 Å². The van der Waals surface area contributed by atoms with E-state index in [9.17, 15) is 34.2 Å². The fraction of sp³-hybridized carbons (Fsp3) is 0.480. The first-order valence-corrected chi connectivity index (χ1v) is 15.3. The smallest absolute Gasteiger partial charge is 0.350 e. The molecule has 45 heavy (non-hydrogen) atoms. The molecule has 2 aromatic rings. The number of β-lactam (4-membered cyclic amide) rings is 1. The van der Waals surface area contributed by atoms with E-state index < -0.39 is 64.7 Å². The van der Waals surface area contributed by atoms with Crippen molar-refractivity contribution >= 4 is 75.3 Å². The number of hydrogen-bond donors (Lipinski definition) is 6. The Balaban J connectivity index is 1.53. The molecule has 2 aromatic heterocycles.